The van der Waals surface area contributed by atoms with Crippen molar-refractivity contribution in [2.45, 2.75) is 32.1 Å². The van der Waals surface area contributed by atoms with Gasteiger partial charge in [0.15, 0.2) is 0 Å². The van der Waals surface area contributed by atoms with Gasteiger partial charge < -0.3 is 5.32 Å². The number of benzene rings is 2. The highest BCUT2D eigenvalue weighted by molar-refractivity contribution is 5.97. The van der Waals surface area contributed by atoms with Crippen molar-refractivity contribution in [3.63, 3.8) is 0 Å². The molecular formula is C21H22N4O4. The highest BCUT2D eigenvalue weighted by Crippen LogP contribution is 2.25. The lowest BCUT2D eigenvalue weighted by molar-refractivity contribution is -0.385. The maximum atomic E-state index is 12.3. The molecule has 1 aliphatic rings. The van der Waals surface area contributed by atoms with Crippen LogP contribution in [0.4, 0.5) is 11.4 Å². The number of carbonyl (C=O) groups excluding carboxylic acids is 2. The predicted molar refractivity (Wildman–Crippen MR) is 110 cm³/mol. The number of nitro groups is 1. The zero-order valence-electron chi connectivity index (χ0n) is 15.8. The largest absolute Gasteiger partial charge is 0.326 e. The van der Waals surface area contributed by atoms with Crippen molar-refractivity contribution < 1.29 is 14.5 Å². The highest BCUT2D eigenvalue weighted by Gasteiger charge is 2.21. The second-order valence-electron chi connectivity index (χ2n) is 6.92. The second-order valence-corrected chi connectivity index (χ2v) is 6.92. The van der Waals surface area contributed by atoms with Gasteiger partial charge in [0.25, 0.3) is 11.6 Å². The van der Waals surface area contributed by atoms with E-state index in [-0.39, 0.29) is 17.5 Å². The fourth-order valence-corrected chi connectivity index (χ4v) is 3.30. The van der Waals surface area contributed by atoms with Crippen LogP contribution in [0.1, 0.15) is 48.0 Å². The predicted octanol–water partition coefficient (Wildman–Crippen LogP) is 3.88. The molecule has 0 unspecified atom stereocenters. The van der Waals surface area contributed by atoms with Gasteiger partial charge in [0.2, 0.25) is 5.91 Å². The molecule has 2 amide bonds. The summed E-state index contributed by atoms with van der Waals surface area (Å²) in [4.78, 5) is 34.9. The minimum absolute atomic E-state index is 0.0240. The number of para-hydroxylation sites is 1. The molecule has 0 bridgehead atoms. The molecule has 0 aliphatic heterocycles. The first-order valence-corrected chi connectivity index (χ1v) is 9.52. The van der Waals surface area contributed by atoms with Crippen LogP contribution in [0.3, 0.4) is 0 Å². The lowest BCUT2D eigenvalue weighted by Gasteiger charge is -2.20. The van der Waals surface area contributed by atoms with Crippen LogP contribution in [0.15, 0.2) is 53.6 Å². The highest BCUT2D eigenvalue weighted by atomic mass is 16.6. The molecule has 2 aromatic carbocycles. The molecular weight excluding hydrogens is 372 g/mol. The van der Waals surface area contributed by atoms with Gasteiger partial charge in [-0.3, -0.25) is 19.7 Å². The van der Waals surface area contributed by atoms with Crippen LogP contribution in [-0.4, -0.2) is 23.0 Å². The number of amides is 2. The number of nitrogens with zero attached hydrogens (tertiary/aromatic N) is 2. The third kappa shape index (κ3) is 5.47. The first-order valence-electron chi connectivity index (χ1n) is 9.52. The van der Waals surface area contributed by atoms with Gasteiger partial charge in [-0.05, 0) is 43.2 Å². The van der Waals surface area contributed by atoms with E-state index >= 15 is 0 Å². The van der Waals surface area contributed by atoms with Crippen LogP contribution in [0.25, 0.3) is 0 Å². The molecule has 0 heterocycles. The number of hydrogen-bond acceptors (Lipinski definition) is 5. The van der Waals surface area contributed by atoms with Gasteiger partial charge in [-0.1, -0.05) is 31.4 Å². The first kappa shape index (κ1) is 20.2. The van der Waals surface area contributed by atoms with Gasteiger partial charge in [0, 0.05) is 23.2 Å². The molecule has 2 N–H and O–H groups in total. The Morgan fingerprint density at radius 1 is 1.03 bits per heavy atom. The van der Waals surface area contributed by atoms with E-state index < -0.39 is 10.8 Å². The lowest BCUT2D eigenvalue weighted by Crippen LogP contribution is -2.24. The Kier molecular flexibility index (Phi) is 6.67. The van der Waals surface area contributed by atoms with Crippen LogP contribution in [0.5, 0.6) is 0 Å². The van der Waals surface area contributed by atoms with Crippen molar-refractivity contribution in [2.75, 3.05) is 5.32 Å². The maximum Gasteiger partial charge on any atom is 0.278 e. The van der Waals surface area contributed by atoms with E-state index in [0.29, 0.717) is 16.8 Å². The minimum Gasteiger partial charge on any atom is -0.326 e. The molecule has 1 fully saturated rings. The Morgan fingerprint density at radius 3 is 2.41 bits per heavy atom. The third-order valence-electron chi connectivity index (χ3n) is 4.89. The zero-order valence-corrected chi connectivity index (χ0v) is 15.8. The number of hydrazone groups is 1. The van der Waals surface area contributed by atoms with Crippen molar-refractivity contribution >= 4 is 29.4 Å². The van der Waals surface area contributed by atoms with E-state index in [4.69, 9.17) is 0 Å². The normalized spacial score (nSPS) is 14.5. The maximum absolute atomic E-state index is 12.3. The van der Waals surface area contributed by atoms with Gasteiger partial charge in [0.1, 0.15) is 0 Å². The first-order chi connectivity index (χ1) is 14.0. The van der Waals surface area contributed by atoms with E-state index in [9.17, 15) is 19.7 Å². The Morgan fingerprint density at radius 2 is 1.72 bits per heavy atom. The van der Waals surface area contributed by atoms with Crippen LogP contribution >= 0.6 is 0 Å². The van der Waals surface area contributed by atoms with Gasteiger partial charge >= 0.3 is 0 Å². The molecule has 1 aliphatic carbocycles. The number of rotatable bonds is 6. The molecule has 29 heavy (non-hydrogen) atoms. The molecule has 0 atom stereocenters. The van der Waals surface area contributed by atoms with Gasteiger partial charge in [-0.15, -0.1) is 0 Å². The van der Waals surface area contributed by atoms with Crippen molar-refractivity contribution in [1.82, 2.24) is 5.43 Å². The monoisotopic (exact) mass is 394 g/mol. The minimum atomic E-state index is -0.510. The lowest BCUT2D eigenvalue weighted by atomic mass is 9.88. The fraction of sp³-hybridized carbons (Fsp3) is 0.286. The fourth-order valence-electron chi connectivity index (χ4n) is 3.30. The summed E-state index contributed by atoms with van der Waals surface area (Å²) in [6.45, 7) is 0. The van der Waals surface area contributed by atoms with Gasteiger partial charge in [-0.2, -0.15) is 5.10 Å². The van der Waals surface area contributed by atoms with Crippen LogP contribution in [-0.2, 0) is 4.79 Å². The molecule has 2 aromatic rings. The van der Waals surface area contributed by atoms with Crippen molar-refractivity contribution in [2.24, 2.45) is 11.0 Å². The average molecular weight is 394 g/mol. The number of anilines is 1. The number of nitrogens with one attached hydrogen (secondary N) is 2. The van der Waals surface area contributed by atoms with E-state index in [1.165, 1.54) is 24.8 Å². The molecule has 150 valence electrons. The Bertz CT molecular complexity index is 919. The molecule has 3 rings (SSSR count). The quantitative estimate of drug-likeness (QED) is 0.440. The molecule has 0 aromatic heterocycles. The van der Waals surface area contributed by atoms with E-state index in [1.807, 2.05) is 0 Å². The summed E-state index contributed by atoms with van der Waals surface area (Å²) in [5.41, 5.74) is 3.54. The van der Waals surface area contributed by atoms with Crippen molar-refractivity contribution in [3.05, 3.63) is 69.8 Å². The molecule has 0 spiro atoms. The van der Waals surface area contributed by atoms with Crippen LogP contribution < -0.4 is 10.7 Å². The van der Waals surface area contributed by atoms with E-state index in [1.54, 1.807) is 36.4 Å². The topological polar surface area (TPSA) is 114 Å². The Hall–Kier alpha value is -3.55. The van der Waals surface area contributed by atoms with Crippen molar-refractivity contribution in [1.29, 1.82) is 0 Å². The molecule has 0 radical (unpaired) electrons. The number of hydrogen-bond donors (Lipinski definition) is 2. The summed E-state index contributed by atoms with van der Waals surface area (Å²) in [5, 5.41) is 17.7. The molecule has 0 saturated heterocycles. The zero-order chi connectivity index (χ0) is 20.6. The molecule has 1 saturated carbocycles. The standard InChI is InChI=1S/C21H22N4O4/c26-20(15-6-2-1-3-7-15)23-18-12-10-16(11-13-18)21(27)24-22-14-17-8-4-5-9-19(17)25(28)29/h4-5,8-15H,1-3,6-7H2,(H,23,26)(H,24,27). The number of nitro benzene ring substituents is 1. The Labute approximate surface area is 168 Å². The Balaban J connectivity index is 1.56. The summed E-state index contributed by atoms with van der Waals surface area (Å²) in [7, 11) is 0. The SMILES string of the molecule is O=C(NN=Cc1ccccc1[N+](=O)[O-])c1ccc(NC(=O)C2CCCCC2)cc1. The number of carbonyl (C=O) groups is 2. The van der Waals surface area contributed by atoms with Crippen LogP contribution in [0.2, 0.25) is 0 Å². The summed E-state index contributed by atoms with van der Waals surface area (Å²) in [6, 6.07) is 12.6. The third-order valence-corrected chi connectivity index (χ3v) is 4.89. The van der Waals surface area contributed by atoms with Gasteiger partial charge in [0.05, 0.1) is 16.7 Å². The summed E-state index contributed by atoms with van der Waals surface area (Å²) >= 11 is 0. The molecule has 8 nitrogen and oxygen atoms in total. The molecule has 8 heteroatoms. The average Bonchev–Trinajstić information content (AvgIpc) is 2.75. The smallest absolute Gasteiger partial charge is 0.278 e. The van der Waals surface area contributed by atoms with Crippen molar-refractivity contribution in [3.8, 4) is 0 Å². The summed E-state index contributed by atoms with van der Waals surface area (Å²) in [5.74, 6) is -0.371. The second kappa shape index (κ2) is 9.59. The summed E-state index contributed by atoms with van der Waals surface area (Å²) in [6.07, 6.45) is 6.43. The van der Waals surface area contributed by atoms with Gasteiger partial charge in [-0.25, -0.2) is 5.43 Å². The van der Waals surface area contributed by atoms with E-state index in [2.05, 4.69) is 15.8 Å². The van der Waals surface area contributed by atoms with E-state index in [0.717, 1.165) is 25.7 Å². The summed E-state index contributed by atoms with van der Waals surface area (Å²) < 4.78 is 0. The van der Waals surface area contributed by atoms with Crippen LogP contribution in [0, 0.1) is 16.0 Å².